The summed E-state index contributed by atoms with van der Waals surface area (Å²) >= 11 is 0. The quantitative estimate of drug-likeness (QED) is 0.447. The van der Waals surface area contributed by atoms with Crippen molar-refractivity contribution >= 4 is 44.5 Å². The standard InChI is InChI=1S/C25H30N8O3S/c1-4-12-32-24(34)20-17-26-25(27-18-8-10-19(11-9-18)31-13-15-36-16-14-31)29-23(20)33(32)22-7-5-6-21(28-22)30-37(2,3)35/h4-11,17,24,34H,1,12-16H2,2-3H3,(H,26,27,29). The summed E-state index contributed by atoms with van der Waals surface area (Å²) in [4.78, 5) is 16.0. The highest BCUT2D eigenvalue weighted by molar-refractivity contribution is 7.92. The molecule has 2 N–H and O–H groups in total. The summed E-state index contributed by atoms with van der Waals surface area (Å²) in [6.45, 7) is 7.36. The number of aliphatic hydroxyl groups excluding tert-OH is 1. The van der Waals surface area contributed by atoms with E-state index in [1.54, 1.807) is 53.0 Å². The van der Waals surface area contributed by atoms with E-state index in [2.05, 4.69) is 43.3 Å². The summed E-state index contributed by atoms with van der Waals surface area (Å²) in [5, 5.41) is 17.7. The van der Waals surface area contributed by atoms with Crippen molar-refractivity contribution < 1.29 is 14.1 Å². The van der Waals surface area contributed by atoms with Gasteiger partial charge in [0.1, 0.15) is 0 Å². The van der Waals surface area contributed by atoms with Gasteiger partial charge in [-0.25, -0.2) is 19.2 Å². The summed E-state index contributed by atoms with van der Waals surface area (Å²) in [6.07, 6.45) is 5.41. The first-order valence-corrected chi connectivity index (χ1v) is 14.2. The molecule has 0 saturated carbocycles. The van der Waals surface area contributed by atoms with Crippen LogP contribution >= 0.6 is 0 Å². The van der Waals surface area contributed by atoms with Crippen LogP contribution in [0.15, 0.2) is 65.7 Å². The van der Waals surface area contributed by atoms with Crippen molar-refractivity contribution in [1.82, 2.24) is 20.0 Å². The molecule has 11 nitrogen and oxygen atoms in total. The van der Waals surface area contributed by atoms with Gasteiger partial charge in [-0.1, -0.05) is 12.1 Å². The maximum absolute atomic E-state index is 12.2. The Kier molecular flexibility index (Phi) is 7.07. The molecule has 0 aliphatic carbocycles. The summed E-state index contributed by atoms with van der Waals surface area (Å²) in [5.74, 6) is 1.67. The Balaban J connectivity index is 1.45. The highest BCUT2D eigenvalue weighted by Crippen LogP contribution is 2.41. The Labute approximate surface area is 216 Å². The minimum Gasteiger partial charge on any atom is -0.378 e. The van der Waals surface area contributed by atoms with Crippen LogP contribution in [0.3, 0.4) is 0 Å². The second-order valence-electron chi connectivity index (χ2n) is 8.97. The number of ether oxygens (including phenoxy) is 1. The molecule has 0 spiro atoms. The molecule has 0 bridgehead atoms. The fourth-order valence-electron chi connectivity index (χ4n) is 4.25. The normalized spacial score (nSPS) is 18.0. The monoisotopic (exact) mass is 522 g/mol. The van der Waals surface area contributed by atoms with E-state index in [1.165, 1.54) is 0 Å². The molecule has 2 aliphatic heterocycles. The number of rotatable bonds is 7. The average Bonchev–Trinajstić information content (AvgIpc) is 3.15. The molecule has 0 radical (unpaired) electrons. The number of hydrogen-bond acceptors (Lipinski definition) is 11. The predicted octanol–water partition coefficient (Wildman–Crippen LogP) is 3.36. The number of aliphatic hydroxyl groups is 1. The molecule has 2 aliphatic rings. The summed E-state index contributed by atoms with van der Waals surface area (Å²) in [5.41, 5.74) is 2.51. The maximum Gasteiger partial charge on any atom is 0.229 e. The van der Waals surface area contributed by atoms with Gasteiger partial charge in [0.2, 0.25) is 5.95 Å². The van der Waals surface area contributed by atoms with Crippen LogP contribution < -0.4 is 15.2 Å². The van der Waals surface area contributed by atoms with Crippen molar-refractivity contribution in [1.29, 1.82) is 0 Å². The molecule has 1 unspecified atom stereocenters. The van der Waals surface area contributed by atoms with E-state index < -0.39 is 16.0 Å². The van der Waals surface area contributed by atoms with Gasteiger partial charge in [-0.3, -0.25) is 0 Å². The van der Waals surface area contributed by atoms with E-state index in [1.807, 2.05) is 12.1 Å². The Hall–Kier alpha value is -3.58. The number of nitrogens with one attached hydrogen (secondary N) is 1. The van der Waals surface area contributed by atoms with Gasteiger partial charge in [0.15, 0.2) is 23.7 Å². The Morgan fingerprint density at radius 1 is 1.19 bits per heavy atom. The van der Waals surface area contributed by atoms with Gasteiger partial charge < -0.3 is 20.1 Å². The van der Waals surface area contributed by atoms with Crippen LogP contribution in [-0.4, -0.2) is 74.6 Å². The third kappa shape index (κ3) is 5.57. The number of anilines is 5. The maximum atomic E-state index is 12.2. The van der Waals surface area contributed by atoms with Gasteiger partial charge in [0.05, 0.1) is 18.8 Å². The highest BCUT2D eigenvalue weighted by atomic mass is 32.2. The fourth-order valence-corrected chi connectivity index (χ4v) is 4.80. The molecule has 2 aromatic heterocycles. The highest BCUT2D eigenvalue weighted by Gasteiger charge is 2.38. The van der Waals surface area contributed by atoms with Crippen LogP contribution in [0.2, 0.25) is 0 Å². The van der Waals surface area contributed by atoms with Crippen LogP contribution in [0.25, 0.3) is 0 Å². The van der Waals surface area contributed by atoms with E-state index in [0.29, 0.717) is 35.5 Å². The Morgan fingerprint density at radius 2 is 1.95 bits per heavy atom. The van der Waals surface area contributed by atoms with Gasteiger partial charge in [-0.05, 0) is 36.4 Å². The molecule has 194 valence electrons. The number of hydrogen-bond donors (Lipinski definition) is 2. The van der Waals surface area contributed by atoms with Crippen molar-refractivity contribution in [3.05, 3.63) is 66.9 Å². The van der Waals surface area contributed by atoms with Crippen molar-refractivity contribution in [2.45, 2.75) is 6.23 Å². The van der Waals surface area contributed by atoms with Gasteiger partial charge in [0.25, 0.3) is 0 Å². The van der Waals surface area contributed by atoms with Crippen molar-refractivity contribution in [2.24, 2.45) is 4.36 Å². The number of benzene rings is 1. The summed E-state index contributed by atoms with van der Waals surface area (Å²) < 4.78 is 21.9. The zero-order valence-electron chi connectivity index (χ0n) is 20.8. The molecule has 1 saturated heterocycles. The minimum atomic E-state index is -2.39. The lowest BCUT2D eigenvalue weighted by atomic mass is 10.2. The molecule has 37 heavy (non-hydrogen) atoms. The van der Waals surface area contributed by atoms with E-state index in [9.17, 15) is 9.32 Å². The average molecular weight is 523 g/mol. The van der Waals surface area contributed by atoms with Crippen molar-refractivity contribution in [2.75, 3.05) is 60.6 Å². The molecule has 1 aromatic carbocycles. The first kappa shape index (κ1) is 25.1. The lowest BCUT2D eigenvalue weighted by Crippen LogP contribution is -2.37. The lowest BCUT2D eigenvalue weighted by Gasteiger charge is -2.29. The topological polar surface area (TPSA) is 119 Å². The second-order valence-corrected chi connectivity index (χ2v) is 11.5. The molecule has 1 atom stereocenters. The number of morpholine rings is 1. The molecule has 0 amide bonds. The first-order chi connectivity index (χ1) is 17.8. The molecule has 5 rings (SSSR count). The number of nitrogens with zero attached hydrogens (tertiary/aromatic N) is 7. The first-order valence-electron chi connectivity index (χ1n) is 11.9. The molecule has 3 aromatic rings. The third-order valence-electron chi connectivity index (χ3n) is 5.88. The number of aromatic nitrogens is 3. The number of pyridine rings is 1. The molecular formula is C25H30N8O3S. The third-order valence-corrected chi connectivity index (χ3v) is 6.51. The van der Waals surface area contributed by atoms with Crippen LogP contribution in [0, 0.1) is 0 Å². The van der Waals surface area contributed by atoms with Crippen LogP contribution in [0.1, 0.15) is 11.8 Å². The van der Waals surface area contributed by atoms with Crippen molar-refractivity contribution in [3.8, 4) is 0 Å². The molecule has 1 fully saturated rings. The van der Waals surface area contributed by atoms with E-state index >= 15 is 0 Å². The zero-order chi connectivity index (χ0) is 26.0. The minimum absolute atomic E-state index is 0.335. The molecule has 4 heterocycles. The van der Waals surface area contributed by atoms with E-state index in [-0.39, 0.29) is 0 Å². The summed E-state index contributed by atoms with van der Waals surface area (Å²) in [6, 6.07) is 13.3. The van der Waals surface area contributed by atoms with Gasteiger partial charge in [-0.2, -0.15) is 14.4 Å². The van der Waals surface area contributed by atoms with Gasteiger partial charge in [-0.15, -0.1) is 6.58 Å². The lowest BCUT2D eigenvalue weighted by molar-refractivity contribution is 0.0247. The van der Waals surface area contributed by atoms with Crippen molar-refractivity contribution in [3.63, 3.8) is 0 Å². The van der Waals surface area contributed by atoms with Gasteiger partial charge >= 0.3 is 0 Å². The number of fused-ring (bicyclic) bond motifs is 1. The second kappa shape index (κ2) is 10.4. The Morgan fingerprint density at radius 3 is 2.65 bits per heavy atom. The van der Waals surface area contributed by atoms with Crippen LogP contribution in [0.4, 0.5) is 34.8 Å². The zero-order valence-corrected chi connectivity index (χ0v) is 21.6. The predicted molar refractivity (Wildman–Crippen MR) is 145 cm³/mol. The fraction of sp³-hybridized carbons (Fsp3) is 0.320. The largest absolute Gasteiger partial charge is 0.378 e. The van der Waals surface area contributed by atoms with Gasteiger partial charge in [0, 0.05) is 59.4 Å². The SMILES string of the molecule is C=CCN1C(O)c2cnc(Nc3ccc(N4CCOCC4)cc3)nc2N1c1cccc(N=S(C)(C)=O)n1. The molecule has 12 heteroatoms. The van der Waals surface area contributed by atoms with E-state index in [4.69, 9.17) is 9.72 Å². The van der Waals surface area contributed by atoms with Crippen LogP contribution in [-0.2, 0) is 14.5 Å². The smallest absolute Gasteiger partial charge is 0.229 e. The van der Waals surface area contributed by atoms with Crippen LogP contribution in [0.5, 0.6) is 0 Å². The molecular weight excluding hydrogens is 492 g/mol. The Bertz CT molecular complexity index is 1390. The van der Waals surface area contributed by atoms with E-state index in [0.717, 1.165) is 37.7 Å². The summed E-state index contributed by atoms with van der Waals surface area (Å²) in [7, 11) is -2.39. The number of hydrazine groups is 1.